The van der Waals surface area contributed by atoms with Crippen LogP contribution < -0.4 is 10.2 Å². The van der Waals surface area contributed by atoms with E-state index in [1.807, 2.05) is 0 Å². The van der Waals surface area contributed by atoms with Gasteiger partial charge in [0.2, 0.25) is 0 Å². The van der Waals surface area contributed by atoms with Gasteiger partial charge in [-0.15, -0.1) is 0 Å². The molecule has 3 aromatic rings. The van der Waals surface area contributed by atoms with Crippen LogP contribution in [0.1, 0.15) is 11.5 Å². The summed E-state index contributed by atoms with van der Waals surface area (Å²) in [5.41, 5.74) is 0.529. The van der Waals surface area contributed by atoms with E-state index in [1.54, 1.807) is 12.1 Å². The third-order valence-electron chi connectivity index (χ3n) is 4.08. The number of carbonyl (C=O) groups is 1. The van der Waals surface area contributed by atoms with Gasteiger partial charge in [0.05, 0.1) is 17.2 Å². The van der Waals surface area contributed by atoms with Crippen molar-refractivity contribution in [3.63, 3.8) is 0 Å². The Morgan fingerprint density at radius 2 is 2.03 bits per heavy atom. The molecule has 146 valence electrons. The summed E-state index contributed by atoms with van der Waals surface area (Å²) in [6, 6.07) is 8.72. The molecular formula is C18H12FN5O4S. The smallest absolute Gasteiger partial charge is 0.307 e. The topological polar surface area (TPSA) is 106 Å². The first-order valence-corrected chi connectivity index (χ1v) is 8.70. The summed E-state index contributed by atoms with van der Waals surface area (Å²) in [4.78, 5) is 24.1. The summed E-state index contributed by atoms with van der Waals surface area (Å²) in [6.07, 6.45) is 3.94. The zero-order valence-corrected chi connectivity index (χ0v) is 15.4. The van der Waals surface area contributed by atoms with E-state index < -0.39 is 16.6 Å². The lowest BCUT2D eigenvalue weighted by molar-refractivity contribution is -0.385. The lowest BCUT2D eigenvalue weighted by atomic mass is 10.2. The molecule has 0 aliphatic carbocycles. The minimum absolute atomic E-state index is 0.117. The number of anilines is 1. The number of aromatic nitrogens is 2. The Hall–Kier alpha value is -3.86. The van der Waals surface area contributed by atoms with Crippen LogP contribution in [0.5, 0.6) is 0 Å². The Labute approximate surface area is 168 Å². The maximum Gasteiger partial charge on any atom is 0.307 e. The van der Waals surface area contributed by atoms with Crippen LogP contribution in [-0.2, 0) is 11.3 Å². The molecule has 0 bridgehead atoms. The highest BCUT2D eigenvalue weighted by molar-refractivity contribution is 7.80. The van der Waals surface area contributed by atoms with Crippen molar-refractivity contribution in [1.29, 1.82) is 0 Å². The van der Waals surface area contributed by atoms with E-state index in [-0.39, 0.29) is 23.0 Å². The second kappa shape index (κ2) is 7.28. The molecule has 0 radical (unpaired) electrons. The molecule has 4 rings (SSSR count). The van der Waals surface area contributed by atoms with Crippen LogP contribution in [0.3, 0.4) is 0 Å². The molecule has 1 N–H and O–H groups in total. The van der Waals surface area contributed by atoms with Gasteiger partial charge in [-0.3, -0.25) is 24.5 Å². The van der Waals surface area contributed by atoms with Gasteiger partial charge in [-0.05, 0) is 48.6 Å². The Morgan fingerprint density at radius 3 is 2.72 bits per heavy atom. The zero-order valence-electron chi connectivity index (χ0n) is 14.6. The van der Waals surface area contributed by atoms with Gasteiger partial charge in [0, 0.05) is 6.08 Å². The number of nitro groups is 1. The Kier molecular flexibility index (Phi) is 4.64. The van der Waals surface area contributed by atoms with E-state index in [4.69, 9.17) is 16.6 Å². The summed E-state index contributed by atoms with van der Waals surface area (Å²) in [6.45, 7) is 0.193. The Morgan fingerprint density at radius 1 is 1.28 bits per heavy atom. The number of furan rings is 1. The number of nitrogens with one attached hydrogen (secondary N) is 1. The van der Waals surface area contributed by atoms with Crippen LogP contribution in [0.25, 0.3) is 6.08 Å². The van der Waals surface area contributed by atoms with Gasteiger partial charge in [-0.1, -0.05) is 0 Å². The number of thiocarbonyl (C=S) groups is 1. The second-order valence-corrected chi connectivity index (χ2v) is 6.45. The average molecular weight is 413 g/mol. The van der Waals surface area contributed by atoms with Crippen LogP contribution in [0, 0.1) is 15.9 Å². The summed E-state index contributed by atoms with van der Waals surface area (Å²) >= 11 is 5.20. The van der Waals surface area contributed by atoms with Gasteiger partial charge >= 0.3 is 5.69 Å². The fraction of sp³-hybridized carbons (Fsp3) is 0.0556. The normalized spacial score (nSPS) is 15.2. The van der Waals surface area contributed by atoms with Crippen molar-refractivity contribution in [2.24, 2.45) is 0 Å². The number of nitrogens with zero attached hydrogens (tertiary/aromatic N) is 4. The fourth-order valence-corrected chi connectivity index (χ4v) is 3.05. The largest absolute Gasteiger partial charge is 0.460 e. The molecule has 1 aromatic carbocycles. The van der Waals surface area contributed by atoms with Gasteiger partial charge in [-0.25, -0.2) is 4.39 Å². The Bertz CT molecular complexity index is 1150. The number of halogens is 1. The molecule has 1 aliphatic heterocycles. The lowest BCUT2D eigenvalue weighted by Gasteiger charge is -2.13. The molecule has 0 saturated carbocycles. The molecule has 11 heteroatoms. The number of benzene rings is 1. The first-order chi connectivity index (χ1) is 13.9. The monoisotopic (exact) mass is 413 g/mol. The number of amides is 1. The van der Waals surface area contributed by atoms with E-state index in [1.165, 1.54) is 46.1 Å². The van der Waals surface area contributed by atoms with Crippen molar-refractivity contribution in [1.82, 2.24) is 15.1 Å². The molecular weight excluding hydrogens is 401 g/mol. The maximum absolute atomic E-state index is 13.1. The summed E-state index contributed by atoms with van der Waals surface area (Å²) in [7, 11) is 0. The van der Waals surface area contributed by atoms with Crippen LogP contribution in [0.2, 0.25) is 0 Å². The zero-order chi connectivity index (χ0) is 20.5. The van der Waals surface area contributed by atoms with Gasteiger partial charge in [-0.2, -0.15) is 5.10 Å². The molecule has 0 spiro atoms. The first-order valence-electron chi connectivity index (χ1n) is 8.29. The van der Waals surface area contributed by atoms with Crippen molar-refractivity contribution in [2.45, 2.75) is 6.54 Å². The van der Waals surface area contributed by atoms with Crippen LogP contribution >= 0.6 is 12.2 Å². The highest BCUT2D eigenvalue weighted by Crippen LogP contribution is 2.23. The van der Waals surface area contributed by atoms with Crippen molar-refractivity contribution in [3.05, 3.63) is 81.9 Å². The van der Waals surface area contributed by atoms with E-state index in [2.05, 4.69) is 10.4 Å². The Balaban J connectivity index is 1.51. The van der Waals surface area contributed by atoms with Gasteiger partial charge in [0.25, 0.3) is 5.91 Å². The molecule has 1 fully saturated rings. The van der Waals surface area contributed by atoms with Crippen molar-refractivity contribution >= 4 is 40.7 Å². The SMILES string of the molecule is O=C1/C(=C\c2ccc(Cn3cc([N+](=O)[O-])cn3)o2)NC(=S)N1c1ccc(F)cc1. The maximum atomic E-state index is 13.1. The molecule has 1 aliphatic rings. The van der Waals surface area contributed by atoms with Crippen LogP contribution in [0.15, 0.2) is 58.9 Å². The van der Waals surface area contributed by atoms with Gasteiger partial charge in [0.15, 0.2) is 5.11 Å². The van der Waals surface area contributed by atoms with Gasteiger partial charge < -0.3 is 9.73 Å². The van der Waals surface area contributed by atoms with E-state index in [0.717, 1.165) is 6.20 Å². The predicted octanol–water partition coefficient (Wildman–Crippen LogP) is 2.83. The fourth-order valence-electron chi connectivity index (χ4n) is 2.75. The van der Waals surface area contributed by atoms with Crippen LogP contribution in [0.4, 0.5) is 15.8 Å². The van der Waals surface area contributed by atoms with E-state index in [0.29, 0.717) is 17.2 Å². The summed E-state index contributed by atoms with van der Waals surface area (Å²) in [5, 5.41) is 17.6. The molecule has 2 aromatic heterocycles. The standard InChI is InChI=1S/C18H12FN5O4S/c19-11-1-3-12(4-2-11)23-17(25)16(21-18(23)29)7-14-5-6-15(28-14)10-22-9-13(8-20-22)24(26)27/h1-9H,10H2,(H,21,29)/b16-7+. The van der Waals surface area contributed by atoms with Crippen LogP contribution in [-0.4, -0.2) is 25.7 Å². The number of carbonyl (C=O) groups excluding carboxylic acids is 1. The lowest BCUT2D eigenvalue weighted by Crippen LogP contribution is -2.30. The van der Waals surface area contributed by atoms with Crippen molar-refractivity contribution < 1.29 is 18.5 Å². The quantitative estimate of drug-likeness (QED) is 0.297. The molecule has 0 atom stereocenters. The third-order valence-corrected chi connectivity index (χ3v) is 4.36. The molecule has 1 amide bonds. The summed E-state index contributed by atoms with van der Waals surface area (Å²) in [5.74, 6) is 0.0717. The van der Waals surface area contributed by atoms with Gasteiger partial charge in [0.1, 0.15) is 35.4 Å². The number of hydrogen-bond donors (Lipinski definition) is 1. The molecule has 9 nitrogen and oxygen atoms in total. The van der Waals surface area contributed by atoms with Crippen molar-refractivity contribution in [3.8, 4) is 0 Å². The second-order valence-electron chi connectivity index (χ2n) is 6.06. The molecule has 1 saturated heterocycles. The minimum Gasteiger partial charge on any atom is -0.460 e. The summed E-state index contributed by atoms with van der Waals surface area (Å²) < 4.78 is 20.1. The minimum atomic E-state index is -0.533. The number of rotatable bonds is 5. The first kappa shape index (κ1) is 18.5. The third kappa shape index (κ3) is 3.75. The van der Waals surface area contributed by atoms with E-state index >= 15 is 0 Å². The predicted molar refractivity (Wildman–Crippen MR) is 104 cm³/mol. The highest BCUT2D eigenvalue weighted by Gasteiger charge is 2.32. The molecule has 0 unspecified atom stereocenters. The van der Waals surface area contributed by atoms with Crippen molar-refractivity contribution in [2.75, 3.05) is 4.90 Å². The average Bonchev–Trinajstić information content (AvgIpc) is 3.38. The molecule has 3 heterocycles. The van der Waals surface area contributed by atoms with E-state index in [9.17, 15) is 19.3 Å². The highest BCUT2D eigenvalue weighted by atomic mass is 32.1. The number of hydrogen-bond acceptors (Lipinski definition) is 6. The molecule has 29 heavy (non-hydrogen) atoms.